The Kier molecular flexibility index (Phi) is 4.53. The summed E-state index contributed by atoms with van der Waals surface area (Å²) in [5, 5.41) is 25.0. The van der Waals surface area contributed by atoms with E-state index in [1.54, 1.807) is 31.2 Å². The lowest BCUT2D eigenvalue weighted by Crippen LogP contribution is -2.49. The van der Waals surface area contributed by atoms with Gasteiger partial charge in [-0.3, -0.25) is 0 Å². The molecule has 2 rings (SSSR count). The van der Waals surface area contributed by atoms with Crippen LogP contribution in [0, 0.1) is 10.1 Å². The van der Waals surface area contributed by atoms with Gasteiger partial charge in [-0.2, -0.15) is 0 Å². The molecule has 1 aromatic rings. The third-order valence-corrected chi connectivity index (χ3v) is 3.74. The van der Waals surface area contributed by atoms with Gasteiger partial charge in [0.2, 0.25) is 0 Å². The van der Waals surface area contributed by atoms with Crippen LogP contribution in [0.2, 0.25) is 10.0 Å². The highest BCUT2D eigenvalue weighted by atomic mass is 35.5. The van der Waals surface area contributed by atoms with Crippen LogP contribution in [0.5, 0.6) is 0 Å². The van der Waals surface area contributed by atoms with E-state index in [2.05, 4.69) is 10.4 Å². The number of guanidine groups is 1. The third-order valence-electron chi connectivity index (χ3n) is 2.91. The Labute approximate surface area is 134 Å². The molecule has 0 radical (unpaired) electrons. The molecule has 1 heterocycles. The van der Waals surface area contributed by atoms with Crippen molar-refractivity contribution >= 4 is 35.3 Å². The second-order valence-electron chi connectivity index (χ2n) is 4.38. The van der Waals surface area contributed by atoms with E-state index in [0.717, 1.165) is 0 Å². The van der Waals surface area contributed by atoms with Gasteiger partial charge < -0.3 is 10.4 Å². The quantitative estimate of drug-likeness (QED) is 0.633. The molecule has 0 saturated carbocycles. The maximum Gasteiger partial charge on any atom is 0.415 e. The van der Waals surface area contributed by atoms with E-state index in [1.807, 2.05) is 0 Å². The predicted octanol–water partition coefficient (Wildman–Crippen LogP) is 3.07. The van der Waals surface area contributed by atoms with E-state index >= 15 is 0 Å². The van der Waals surface area contributed by atoms with Gasteiger partial charge in [0.25, 0.3) is 5.96 Å². The molecule has 22 heavy (non-hydrogen) atoms. The summed E-state index contributed by atoms with van der Waals surface area (Å²) in [6.07, 6.45) is 0.142. The molecular weight excluding hydrogens is 335 g/mol. The van der Waals surface area contributed by atoms with Crippen molar-refractivity contribution in [2.75, 3.05) is 0 Å². The number of halogens is 2. The zero-order valence-corrected chi connectivity index (χ0v) is 12.7. The Balaban J connectivity index is 2.61. The number of carbonyl (C=O) groups is 1. The standard InChI is InChI=1S/C12H10Cl2N4O4/c1-6-5-9(7-3-2-4-8(13)10(7)14)17(12(19)20)11(15-6)16-18(21)22/h2-5,9H,1H3,(H,15,16)(H,19,20). The highest BCUT2D eigenvalue weighted by Gasteiger charge is 2.35. The Morgan fingerprint density at radius 1 is 1.50 bits per heavy atom. The number of hydrogen-bond donors (Lipinski definition) is 2. The van der Waals surface area contributed by atoms with Crippen LogP contribution < -0.4 is 5.32 Å². The molecule has 1 atom stereocenters. The van der Waals surface area contributed by atoms with Gasteiger partial charge >= 0.3 is 6.09 Å². The van der Waals surface area contributed by atoms with Crippen LogP contribution in [0.25, 0.3) is 0 Å². The number of carboxylic acid groups (broad SMARTS) is 1. The summed E-state index contributed by atoms with van der Waals surface area (Å²) in [7, 11) is 0. The van der Waals surface area contributed by atoms with Crippen molar-refractivity contribution < 1.29 is 14.9 Å². The molecule has 116 valence electrons. The Hall–Kier alpha value is -2.32. The van der Waals surface area contributed by atoms with E-state index in [9.17, 15) is 20.0 Å². The van der Waals surface area contributed by atoms with Gasteiger partial charge in [0.05, 0.1) is 16.1 Å². The van der Waals surface area contributed by atoms with Gasteiger partial charge in [0.1, 0.15) is 5.10 Å². The van der Waals surface area contributed by atoms with Crippen molar-refractivity contribution in [2.24, 2.45) is 5.10 Å². The van der Waals surface area contributed by atoms with Crippen LogP contribution in [-0.4, -0.2) is 27.1 Å². The number of hydrazone groups is 1. The number of nitro groups is 1. The number of benzene rings is 1. The normalized spacial score (nSPS) is 19.6. The second kappa shape index (κ2) is 6.20. The fourth-order valence-electron chi connectivity index (χ4n) is 2.06. The fraction of sp³-hybridized carbons (Fsp3) is 0.167. The monoisotopic (exact) mass is 344 g/mol. The summed E-state index contributed by atoms with van der Waals surface area (Å²) in [5.74, 6) is -0.418. The Morgan fingerprint density at radius 2 is 2.18 bits per heavy atom. The van der Waals surface area contributed by atoms with Crippen LogP contribution in [0.15, 0.2) is 35.1 Å². The largest absolute Gasteiger partial charge is 0.465 e. The van der Waals surface area contributed by atoms with Crippen molar-refractivity contribution in [1.29, 1.82) is 0 Å². The van der Waals surface area contributed by atoms with E-state index in [4.69, 9.17) is 23.2 Å². The Morgan fingerprint density at radius 3 is 2.77 bits per heavy atom. The van der Waals surface area contributed by atoms with Gasteiger partial charge in [-0.15, -0.1) is 0 Å². The van der Waals surface area contributed by atoms with Crippen LogP contribution >= 0.6 is 23.2 Å². The average molecular weight is 345 g/mol. The van der Waals surface area contributed by atoms with Crippen molar-refractivity contribution in [3.8, 4) is 0 Å². The van der Waals surface area contributed by atoms with Crippen LogP contribution in [0.4, 0.5) is 4.79 Å². The predicted molar refractivity (Wildman–Crippen MR) is 80.4 cm³/mol. The third kappa shape index (κ3) is 3.12. The smallest absolute Gasteiger partial charge is 0.415 e. The summed E-state index contributed by atoms with van der Waals surface area (Å²) in [6, 6.07) is 3.87. The zero-order valence-electron chi connectivity index (χ0n) is 11.2. The molecule has 0 aromatic heterocycles. The average Bonchev–Trinajstić information content (AvgIpc) is 2.40. The van der Waals surface area contributed by atoms with Gasteiger partial charge in [0.15, 0.2) is 5.03 Å². The number of hydrogen-bond acceptors (Lipinski definition) is 3. The number of nitrogens with one attached hydrogen (secondary N) is 1. The minimum absolute atomic E-state index is 0.173. The van der Waals surface area contributed by atoms with Gasteiger partial charge in [-0.1, -0.05) is 35.3 Å². The number of allylic oxidation sites excluding steroid dienone is 1. The number of nitrogens with zero attached hydrogens (tertiary/aromatic N) is 3. The van der Waals surface area contributed by atoms with Gasteiger partial charge in [0, 0.05) is 5.70 Å². The van der Waals surface area contributed by atoms with Gasteiger partial charge in [-0.05, 0) is 24.6 Å². The lowest BCUT2D eigenvalue weighted by Gasteiger charge is -2.32. The van der Waals surface area contributed by atoms with E-state index in [1.165, 1.54) is 0 Å². The molecule has 0 bridgehead atoms. The molecular formula is C12H10Cl2N4O4. The summed E-state index contributed by atoms with van der Waals surface area (Å²) < 4.78 is 0. The SMILES string of the molecule is CC1=CC(c2cccc(Cl)c2Cl)N(C(=O)O)/C(=N/[N+](=O)[O-])N1. The molecule has 8 nitrogen and oxygen atoms in total. The lowest BCUT2D eigenvalue weighted by molar-refractivity contribution is -0.485. The first kappa shape index (κ1) is 16.1. The second-order valence-corrected chi connectivity index (χ2v) is 5.16. The number of amides is 1. The molecule has 0 saturated heterocycles. The lowest BCUT2D eigenvalue weighted by atomic mass is 10.0. The summed E-state index contributed by atoms with van der Waals surface area (Å²) in [6.45, 7) is 1.63. The van der Waals surface area contributed by atoms with Crippen LogP contribution in [-0.2, 0) is 0 Å². The van der Waals surface area contributed by atoms with Crippen molar-refractivity contribution in [3.05, 3.63) is 55.7 Å². The maximum absolute atomic E-state index is 11.5. The molecule has 1 aliphatic rings. The molecule has 2 N–H and O–H groups in total. The van der Waals surface area contributed by atoms with E-state index in [0.29, 0.717) is 16.2 Å². The Bertz CT molecular complexity index is 704. The van der Waals surface area contributed by atoms with E-state index in [-0.39, 0.29) is 10.0 Å². The molecule has 1 unspecified atom stereocenters. The molecule has 10 heteroatoms. The summed E-state index contributed by atoms with van der Waals surface area (Å²) in [5.41, 5.74) is 0.896. The molecule has 0 spiro atoms. The zero-order chi connectivity index (χ0) is 16.4. The summed E-state index contributed by atoms with van der Waals surface area (Å²) in [4.78, 5) is 22.8. The molecule has 1 aromatic carbocycles. The topological polar surface area (TPSA) is 108 Å². The minimum Gasteiger partial charge on any atom is -0.465 e. The molecule has 0 fully saturated rings. The molecule has 1 aliphatic heterocycles. The molecule has 1 amide bonds. The van der Waals surface area contributed by atoms with E-state index < -0.39 is 23.1 Å². The first-order valence-electron chi connectivity index (χ1n) is 5.95. The first-order valence-corrected chi connectivity index (χ1v) is 6.71. The van der Waals surface area contributed by atoms with Crippen molar-refractivity contribution in [1.82, 2.24) is 10.2 Å². The molecule has 0 aliphatic carbocycles. The summed E-state index contributed by atoms with van der Waals surface area (Å²) >= 11 is 12.1. The van der Waals surface area contributed by atoms with Gasteiger partial charge in [-0.25, -0.2) is 19.8 Å². The van der Waals surface area contributed by atoms with Crippen LogP contribution in [0.3, 0.4) is 0 Å². The fourth-order valence-corrected chi connectivity index (χ4v) is 2.48. The van der Waals surface area contributed by atoms with Crippen molar-refractivity contribution in [3.63, 3.8) is 0 Å². The highest BCUT2D eigenvalue weighted by Crippen LogP contribution is 2.35. The van der Waals surface area contributed by atoms with Crippen molar-refractivity contribution in [2.45, 2.75) is 13.0 Å². The maximum atomic E-state index is 11.5. The first-order chi connectivity index (χ1) is 10.3. The minimum atomic E-state index is -1.42. The highest BCUT2D eigenvalue weighted by molar-refractivity contribution is 6.42. The van der Waals surface area contributed by atoms with Crippen LogP contribution in [0.1, 0.15) is 18.5 Å². The number of rotatable bonds is 2.